The predicted molar refractivity (Wildman–Crippen MR) is 172 cm³/mol. The molecule has 0 rings (SSSR count). The maximum atomic E-state index is 13.1. The largest absolute Gasteiger partial charge is 0.444 e. The number of hydrogen-bond acceptors (Lipinski definition) is 9. The molecule has 0 radical (unpaired) electrons. The van der Waals surface area contributed by atoms with E-state index in [4.69, 9.17) is 24.2 Å². The Hall–Kier alpha value is -3.43. The highest BCUT2D eigenvalue weighted by atomic mass is 16.6. The van der Waals surface area contributed by atoms with Crippen molar-refractivity contribution in [1.82, 2.24) is 20.0 Å². The van der Waals surface area contributed by atoms with Crippen LogP contribution in [0.2, 0.25) is 0 Å². The van der Waals surface area contributed by atoms with Gasteiger partial charge in [0.1, 0.15) is 22.4 Å². The van der Waals surface area contributed by atoms with Crippen LogP contribution in [0, 0.1) is 11.3 Å². The Bertz CT molecular complexity index is 984. The number of alkyl carbamates (subject to hydrolysis) is 1. The van der Waals surface area contributed by atoms with Crippen molar-refractivity contribution in [2.45, 2.75) is 131 Å². The van der Waals surface area contributed by atoms with Crippen LogP contribution in [0.1, 0.15) is 109 Å². The first kappa shape index (κ1) is 41.6. The average Bonchev–Trinajstić information content (AvgIpc) is 2.81. The van der Waals surface area contributed by atoms with Crippen molar-refractivity contribution in [3.63, 3.8) is 0 Å². The standard InChI is InChI=1S/C32H59N5O8/c1-29(2,3)42-25(38)34-18-14-20-36(27(40)44-31(7,8)9)22-16-24-37(28(41)45-32(10,11)12)23-15-21-35(19-13-17-33)26(39)43-30(4,5)6/h13-16,18-24H2,1-12H3,(H,34,38). The van der Waals surface area contributed by atoms with Gasteiger partial charge in [0.05, 0.1) is 12.5 Å². The molecule has 0 spiro atoms. The van der Waals surface area contributed by atoms with Crippen molar-refractivity contribution in [2.75, 3.05) is 45.8 Å². The Labute approximate surface area is 270 Å². The Morgan fingerprint density at radius 2 is 0.844 bits per heavy atom. The van der Waals surface area contributed by atoms with E-state index in [1.807, 2.05) is 6.07 Å². The zero-order chi connectivity index (χ0) is 35.1. The normalized spacial score (nSPS) is 12.0. The molecule has 13 nitrogen and oxygen atoms in total. The van der Waals surface area contributed by atoms with Gasteiger partial charge in [-0.1, -0.05) is 0 Å². The average molecular weight is 642 g/mol. The van der Waals surface area contributed by atoms with Crippen LogP contribution in [0.5, 0.6) is 0 Å². The fraction of sp³-hybridized carbons (Fsp3) is 0.844. The molecule has 0 aliphatic carbocycles. The number of carbonyl (C=O) groups is 4. The summed E-state index contributed by atoms with van der Waals surface area (Å²) in [5.74, 6) is 0. The predicted octanol–water partition coefficient (Wildman–Crippen LogP) is 6.31. The van der Waals surface area contributed by atoms with Crippen molar-refractivity contribution in [3.8, 4) is 6.07 Å². The van der Waals surface area contributed by atoms with E-state index in [1.54, 1.807) is 92.9 Å². The van der Waals surface area contributed by atoms with Crippen LogP contribution in [0.25, 0.3) is 0 Å². The summed E-state index contributed by atoms with van der Waals surface area (Å²) in [6.45, 7) is 23.4. The number of rotatable bonds is 14. The highest BCUT2D eigenvalue weighted by Gasteiger charge is 2.26. The molecular formula is C32H59N5O8. The monoisotopic (exact) mass is 641 g/mol. The zero-order valence-corrected chi connectivity index (χ0v) is 29.8. The van der Waals surface area contributed by atoms with Gasteiger partial charge in [-0.05, 0) is 102 Å². The van der Waals surface area contributed by atoms with E-state index in [0.29, 0.717) is 38.9 Å². The van der Waals surface area contributed by atoms with Gasteiger partial charge in [0, 0.05) is 45.8 Å². The fourth-order valence-electron chi connectivity index (χ4n) is 3.73. The number of ether oxygens (including phenoxy) is 4. The zero-order valence-electron chi connectivity index (χ0n) is 29.8. The van der Waals surface area contributed by atoms with Gasteiger partial charge in [-0.3, -0.25) is 0 Å². The van der Waals surface area contributed by atoms with E-state index in [2.05, 4.69) is 5.32 Å². The lowest BCUT2D eigenvalue weighted by molar-refractivity contribution is 0.0189. The highest BCUT2D eigenvalue weighted by molar-refractivity contribution is 5.69. The molecule has 0 aliphatic heterocycles. The molecule has 0 aromatic heterocycles. The molecule has 0 saturated heterocycles. The maximum Gasteiger partial charge on any atom is 0.410 e. The second kappa shape index (κ2) is 18.5. The van der Waals surface area contributed by atoms with E-state index >= 15 is 0 Å². The van der Waals surface area contributed by atoms with Crippen molar-refractivity contribution < 1.29 is 38.1 Å². The van der Waals surface area contributed by atoms with Crippen LogP contribution in [0.3, 0.4) is 0 Å². The van der Waals surface area contributed by atoms with Gasteiger partial charge >= 0.3 is 24.4 Å². The Morgan fingerprint density at radius 1 is 0.533 bits per heavy atom. The first-order chi connectivity index (χ1) is 20.4. The van der Waals surface area contributed by atoms with Gasteiger partial charge < -0.3 is 39.0 Å². The van der Waals surface area contributed by atoms with Gasteiger partial charge in [-0.25, -0.2) is 19.2 Å². The number of amides is 4. The second-order valence-corrected chi connectivity index (χ2v) is 14.8. The first-order valence-electron chi connectivity index (χ1n) is 15.7. The molecule has 0 heterocycles. The quantitative estimate of drug-likeness (QED) is 0.170. The Balaban J connectivity index is 5.46. The van der Waals surface area contributed by atoms with Crippen molar-refractivity contribution >= 4 is 24.4 Å². The number of nitrogens with zero attached hydrogens (tertiary/aromatic N) is 4. The smallest absolute Gasteiger partial charge is 0.410 e. The number of carbonyl (C=O) groups excluding carboxylic acids is 4. The van der Waals surface area contributed by atoms with E-state index < -0.39 is 46.8 Å². The molecule has 0 bridgehead atoms. The summed E-state index contributed by atoms with van der Waals surface area (Å²) in [5, 5.41) is 11.7. The molecule has 45 heavy (non-hydrogen) atoms. The van der Waals surface area contributed by atoms with Crippen LogP contribution in [-0.2, 0) is 18.9 Å². The number of hydrogen-bond donors (Lipinski definition) is 1. The molecule has 0 unspecified atom stereocenters. The van der Waals surface area contributed by atoms with E-state index in [9.17, 15) is 19.2 Å². The SMILES string of the molecule is CC(C)(C)OC(=O)NCCCN(CCCN(CCCN(CCC#N)C(=O)OC(C)(C)C)C(=O)OC(C)(C)C)C(=O)OC(C)(C)C. The summed E-state index contributed by atoms with van der Waals surface area (Å²) in [6, 6.07) is 2.05. The third kappa shape index (κ3) is 22.7. The molecule has 0 aromatic rings. The van der Waals surface area contributed by atoms with Gasteiger partial charge in [0.25, 0.3) is 0 Å². The van der Waals surface area contributed by atoms with Crippen LogP contribution in [0.15, 0.2) is 0 Å². The maximum absolute atomic E-state index is 13.1. The molecule has 0 aromatic carbocycles. The van der Waals surface area contributed by atoms with E-state index in [0.717, 1.165) is 0 Å². The molecule has 0 saturated carbocycles. The van der Waals surface area contributed by atoms with Crippen molar-refractivity contribution in [3.05, 3.63) is 0 Å². The number of nitriles is 1. The van der Waals surface area contributed by atoms with Crippen LogP contribution < -0.4 is 5.32 Å². The lowest BCUT2D eigenvalue weighted by Crippen LogP contribution is -2.43. The second-order valence-electron chi connectivity index (χ2n) is 14.8. The summed E-state index contributed by atoms with van der Waals surface area (Å²) in [4.78, 5) is 55.3. The van der Waals surface area contributed by atoms with Crippen LogP contribution in [0.4, 0.5) is 19.2 Å². The molecular weight excluding hydrogens is 582 g/mol. The molecule has 0 aliphatic rings. The summed E-state index contributed by atoms with van der Waals surface area (Å²) < 4.78 is 22.0. The molecule has 1 N–H and O–H groups in total. The summed E-state index contributed by atoms with van der Waals surface area (Å²) in [7, 11) is 0. The minimum absolute atomic E-state index is 0.156. The Kier molecular flexibility index (Phi) is 17.1. The van der Waals surface area contributed by atoms with Crippen LogP contribution >= 0.6 is 0 Å². The summed E-state index contributed by atoms with van der Waals surface area (Å²) in [5.41, 5.74) is -2.71. The Morgan fingerprint density at radius 3 is 1.16 bits per heavy atom. The van der Waals surface area contributed by atoms with Gasteiger partial charge in [0.15, 0.2) is 0 Å². The molecule has 13 heteroatoms. The van der Waals surface area contributed by atoms with Crippen molar-refractivity contribution in [1.29, 1.82) is 5.26 Å². The molecule has 4 amide bonds. The van der Waals surface area contributed by atoms with E-state index in [-0.39, 0.29) is 32.6 Å². The van der Waals surface area contributed by atoms with E-state index in [1.165, 1.54) is 4.90 Å². The minimum Gasteiger partial charge on any atom is -0.444 e. The summed E-state index contributed by atoms with van der Waals surface area (Å²) in [6.07, 6.45) is -0.561. The number of nitrogens with one attached hydrogen (secondary N) is 1. The lowest BCUT2D eigenvalue weighted by atomic mass is 10.2. The van der Waals surface area contributed by atoms with Crippen molar-refractivity contribution in [2.24, 2.45) is 0 Å². The molecule has 260 valence electrons. The van der Waals surface area contributed by atoms with Gasteiger partial charge in [-0.2, -0.15) is 5.26 Å². The lowest BCUT2D eigenvalue weighted by Gasteiger charge is -2.31. The highest BCUT2D eigenvalue weighted by Crippen LogP contribution is 2.15. The summed E-state index contributed by atoms with van der Waals surface area (Å²) >= 11 is 0. The molecule has 0 atom stereocenters. The molecule has 0 fully saturated rings. The van der Waals surface area contributed by atoms with Gasteiger partial charge in [0.2, 0.25) is 0 Å². The third-order valence-electron chi connectivity index (χ3n) is 5.43. The fourth-order valence-corrected chi connectivity index (χ4v) is 3.73. The topological polar surface area (TPSA) is 151 Å². The van der Waals surface area contributed by atoms with Crippen LogP contribution in [-0.4, -0.2) is 107 Å². The third-order valence-corrected chi connectivity index (χ3v) is 5.43. The minimum atomic E-state index is -0.714. The van der Waals surface area contributed by atoms with Gasteiger partial charge in [-0.15, -0.1) is 0 Å². The first-order valence-corrected chi connectivity index (χ1v) is 15.7.